The molecular formula is C18H28BrIN4O4. The molecule has 158 valence electrons. The smallest absolute Gasteiger partial charge is 0.409 e. The molecule has 1 saturated heterocycles. The normalized spacial score (nSPS) is 14.9. The predicted octanol–water partition coefficient (Wildman–Crippen LogP) is 3.11. The number of methoxy groups -OCH3 is 2. The molecule has 1 aliphatic heterocycles. The topological polar surface area (TPSA) is 98.4 Å². The lowest BCUT2D eigenvalue weighted by Gasteiger charge is -2.31. The maximum atomic E-state index is 11.7. The number of guanidine groups is 1. The lowest BCUT2D eigenvalue weighted by Crippen LogP contribution is -2.48. The van der Waals surface area contributed by atoms with Gasteiger partial charge in [-0.1, -0.05) is 15.9 Å². The van der Waals surface area contributed by atoms with Crippen LogP contribution in [0.25, 0.3) is 0 Å². The largest absolute Gasteiger partial charge is 0.493 e. The van der Waals surface area contributed by atoms with E-state index < -0.39 is 0 Å². The molecular weight excluding hydrogens is 543 g/mol. The van der Waals surface area contributed by atoms with Gasteiger partial charge in [-0.2, -0.15) is 0 Å². The Labute approximate surface area is 191 Å². The average Bonchev–Trinajstić information content (AvgIpc) is 2.67. The Kier molecular flexibility index (Phi) is 10.7. The fraction of sp³-hybridized carbons (Fsp3) is 0.556. The van der Waals surface area contributed by atoms with Crippen LogP contribution in [0.2, 0.25) is 0 Å². The summed E-state index contributed by atoms with van der Waals surface area (Å²) in [7, 11) is 3.19. The first kappa shape index (κ1) is 24.6. The van der Waals surface area contributed by atoms with Crippen LogP contribution in [-0.4, -0.2) is 56.9 Å². The number of nitrogens with zero attached hydrogens (tertiary/aromatic N) is 2. The number of likely N-dealkylation sites (tertiary alicyclic amines) is 1. The Morgan fingerprint density at radius 2 is 1.89 bits per heavy atom. The maximum Gasteiger partial charge on any atom is 0.409 e. The number of aliphatic imine (C=N–C) groups is 1. The lowest BCUT2D eigenvalue weighted by molar-refractivity contribution is 0.0963. The number of benzene rings is 1. The van der Waals surface area contributed by atoms with Crippen LogP contribution in [0.3, 0.4) is 0 Å². The number of hydrogen-bond acceptors (Lipinski definition) is 5. The van der Waals surface area contributed by atoms with E-state index in [-0.39, 0.29) is 36.1 Å². The van der Waals surface area contributed by atoms with Crippen LogP contribution in [0.4, 0.5) is 4.79 Å². The first-order chi connectivity index (χ1) is 13.0. The van der Waals surface area contributed by atoms with E-state index in [1.165, 1.54) is 0 Å². The summed E-state index contributed by atoms with van der Waals surface area (Å²) in [5.41, 5.74) is 6.97. The van der Waals surface area contributed by atoms with Gasteiger partial charge in [0.25, 0.3) is 0 Å². The van der Waals surface area contributed by atoms with Gasteiger partial charge in [-0.15, -0.1) is 24.0 Å². The zero-order chi connectivity index (χ0) is 19.8. The molecule has 0 radical (unpaired) electrons. The summed E-state index contributed by atoms with van der Waals surface area (Å²) in [6.07, 6.45) is 1.35. The minimum atomic E-state index is -0.254. The third kappa shape index (κ3) is 6.87. The van der Waals surface area contributed by atoms with Crippen molar-refractivity contribution in [2.45, 2.75) is 32.4 Å². The van der Waals surface area contributed by atoms with E-state index in [9.17, 15) is 4.79 Å². The summed E-state index contributed by atoms with van der Waals surface area (Å²) in [6, 6.07) is 3.91. The van der Waals surface area contributed by atoms with Crippen molar-refractivity contribution in [2.24, 2.45) is 10.7 Å². The van der Waals surface area contributed by atoms with Gasteiger partial charge in [0.05, 0.1) is 27.4 Å². The lowest BCUT2D eigenvalue weighted by atomic mass is 10.1. The highest BCUT2D eigenvalue weighted by Crippen LogP contribution is 2.33. The molecule has 8 nitrogen and oxygen atoms in total. The third-order valence-corrected chi connectivity index (χ3v) is 5.08. The van der Waals surface area contributed by atoms with Gasteiger partial charge in [-0.25, -0.2) is 9.79 Å². The molecule has 0 atom stereocenters. The summed E-state index contributed by atoms with van der Waals surface area (Å²) < 4.78 is 16.5. The van der Waals surface area contributed by atoms with E-state index in [0.29, 0.717) is 43.7 Å². The van der Waals surface area contributed by atoms with E-state index in [1.54, 1.807) is 26.0 Å². The number of nitrogens with two attached hydrogens (primary N) is 1. The highest BCUT2D eigenvalue weighted by Gasteiger charge is 2.23. The van der Waals surface area contributed by atoms with E-state index in [4.69, 9.17) is 19.9 Å². The second-order valence-corrected chi connectivity index (χ2v) is 6.96. The summed E-state index contributed by atoms with van der Waals surface area (Å²) in [4.78, 5) is 17.9. The maximum absolute atomic E-state index is 11.7. The van der Waals surface area contributed by atoms with Gasteiger partial charge in [-0.05, 0) is 37.5 Å². The molecule has 0 saturated carbocycles. The number of hydrogen-bond donors (Lipinski definition) is 2. The van der Waals surface area contributed by atoms with E-state index in [2.05, 4.69) is 26.2 Å². The minimum Gasteiger partial charge on any atom is -0.493 e. The molecule has 28 heavy (non-hydrogen) atoms. The summed E-state index contributed by atoms with van der Waals surface area (Å²) in [5.74, 6) is 1.67. The highest BCUT2D eigenvalue weighted by molar-refractivity contribution is 14.0. The van der Waals surface area contributed by atoms with E-state index in [0.717, 1.165) is 22.9 Å². The Morgan fingerprint density at radius 3 is 2.46 bits per heavy atom. The van der Waals surface area contributed by atoms with E-state index >= 15 is 0 Å². The Hall–Kier alpha value is -1.43. The van der Waals surface area contributed by atoms with E-state index in [1.807, 2.05) is 12.1 Å². The molecule has 1 fully saturated rings. The Morgan fingerprint density at radius 1 is 1.29 bits per heavy atom. The number of nitrogens with one attached hydrogen (secondary N) is 1. The molecule has 1 aromatic rings. The van der Waals surface area contributed by atoms with Crippen LogP contribution < -0.4 is 20.5 Å². The van der Waals surface area contributed by atoms with Crippen LogP contribution in [0, 0.1) is 0 Å². The molecule has 0 bridgehead atoms. The van der Waals surface area contributed by atoms with Crippen LogP contribution >= 0.6 is 39.9 Å². The summed E-state index contributed by atoms with van der Waals surface area (Å²) in [6.45, 7) is 3.89. The highest BCUT2D eigenvalue weighted by atomic mass is 127. The number of piperidine rings is 1. The van der Waals surface area contributed by atoms with Crippen molar-refractivity contribution in [2.75, 3.05) is 33.9 Å². The van der Waals surface area contributed by atoms with Gasteiger partial charge in [0, 0.05) is 23.6 Å². The van der Waals surface area contributed by atoms with Gasteiger partial charge in [0.2, 0.25) is 0 Å². The second-order valence-electron chi connectivity index (χ2n) is 6.10. The molecule has 1 amide bonds. The number of rotatable bonds is 6. The molecule has 2 rings (SSSR count). The van der Waals surface area contributed by atoms with Gasteiger partial charge in [0.15, 0.2) is 17.5 Å². The van der Waals surface area contributed by atoms with Crippen molar-refractivity contribution in [3.8, 4) is 11.5 Å². The number of halogens is 2. The molecule has 0 unspecified atom stereocenters. The van der Waals surface area contributed by atoms with Crippen molar-refractivity contribution in [1.29, 1.82) is 0 Å². The average molecular weight is 571 g/mol. The minimum absolute atomic E-state index is 0. The van der Waals surface area contributed by atoms with Crippen LogP contribution in [0.1, 0.15) is 25.3 Å². The number of carbonyl (C=O) groups excluding carboxylic acids is 1. The van der Waals surface area contributed by atoms with Gasteiger partial charge in [0.1, 0.15) is 0 Å². The van der Waals surface area contributed by atoms with Crippen molar-refractivity contribution < 1.29 is 19.0 Å². The molecule has 1 heterocycles. The zero-order valence-corrected chi connectivity index (χ0v) is 20.3. The quantitative estimate of drug-likeness (QED) is 0.310. The number of carbonyl (C=O) groups is 1. The molecule has 1 aliphatic rings. The SMILES string of the molecule is CCOC(=O)N1CCC(NC(N)=NCc2cc(OC)c(OC)cc2Br)CC1.I. The van der Waals surface area contributed by atoms with Crippen molar-refractivity contribution in [3.05, 3.63) is 22.2 Å². The fourth-order valence-corrected chi connectivity index (χ4v) is 3.31. The molecule has 0 aromatic heterocycles. The standard InChI is InChI=1S/C18H27BrN4O4.HI/c1-4-27-18(24)23-7-5-13(6-8-23)22-17(20)21-11-12-9-15(25-2)16(26-3)10-14(12)19;/h9-10,13H,4-8,11H2,1-3H3,(H3,20,21,22);1H. The molecule has 3 N–H and O–H groups in total. The Bertz CT molecular complexity index is 682. The first-order valence-corrected chi connectivity index (χ1v) is 9.66. The molecule has 0 spiro atoms. The van der Waals surface area contributed by atoms with Gasteiger partial charge < -0.3 is 30.2 Å². The molecule has 0 aliphatic carbocycles. The fourth-order valence-electron chi connectivity index (χ4n) is 2.86. The summed E-state index contributed by atoms with van der Waals surface area (Å²) >= 11 is 3.52. The van der Waals surface area contributed by atoms with Gasteiger partial charge >= 0.3 is 6.09 Å². The Balaban J connectivity index is 0.00000392. The zero-order valence-electron chi connectivity index (χ0n) is 16.4. The van der Waals surface area contributed by atoms with Crippen LogP contribution in [-0.2, 0) is 11.3 Å². The van der Waals surface area contributed by atoms with Crippen LogP contribution in [0.15, 0.2) is 21.6 Å². The number of ether oxygens (including phenoxy) is 3. The third-order valence-electron chi connectivity index (χ3n) is 4.35. The molecule has 1 aromatic carbocycles. The van der Waals surface area contributed by atoms with Crippen molar-refractivity contribution >= 4 is 52.0 Å². The monoisotopic (exact) mass is 570 g/mol. The number of amides is 1. The second kappa shape index (κ2) is 12.2. The van der Waals surface area contributed by atoms with Crippen molar-refractivity contribution in [1.82, 2.24) is 10.2 Å². The first-order valence-electron chi connectivity index (χ1n) is 8.87. The van der Waals surface area contributed by atoms with Gasteiger partial charge in [-0.3, -0.25) is 0 Å². The van der Waals surface area contributed by atoms with Crippen LogP contribution in [0.5, 0.6) is 11.5 Å². The molecule has 10 heteroatoms. The predicted molar refractivity (Wildman–Crippen MR) is 123 cm³/mol. The summed E-state index contributed by atoms with van der Waals surface area (Å²) in [5, 5.41) is 3.23. The van der Waals surface area contributed by atoms with Crippen molar-refractivity contribution in [3.63, 3.8) is 0 Å².